The van der Waals surface area contributed by atoms with Gasteiger partial charge in [0.05, 0.1) is 11.4 Å². The Labute approximate surface area is 154 Å². The van der Waals surface area contributed by atoms with Crippen LogP contribution < -0.4 is 0 Å². The Morgan fingerprint density at radius 3 is 1.95 bits per heavy atom. The molecule has 0 radical (unpaired) electrons. The molecule has 22 heavy (non-hydrogen) atoms. The number of benzene rings is 1. The number of hydrogen-bond acceptors (Lipinski definition) is 3. The van der Waals surface area contributed by atoms with Crippen LogP contribution in [0.1, 0.15) is 24.8 Å². The molecule has 0 heterocycles. The van der Waals surface area contributed by atoms with Crippen LogP contribution >= 0.6 is 58.0 Å². The van der Waals surface area contributed by atoms with Gasteiger partial charge in [0.15, 0.2) is 3.79 Å². The van der Waals surface area contributed by atoms with Gasteiger partial charge in [-0.3, -0.25) is 4.55 Å². The summed E-state index contributed by atoms with van der Waals surface area (Å²) in [6.45, 7) is 0. The summed E-state index contributed by atoms with van der Waals surface area (Å²) in [7, 11) is -4.15. The number of aliphatic hydroxyl groups is 1. The minimum Gasteiger partial charge on any atom is -0.385 e. The van der Waals surface area contributed by atoms with Gasteiger partial charge in [0.2, 0.25) is 0 Å². The third-order valence-electron chi connectivity index (χ3n) is 2.89. The fourth-order valence-electron chi connectivity index (χ4n) is 2.04. The van der Waals surface area contributed by atoms with Crippen LogP contribution in [-0.4, -0.2) is 27.6 Å². The lowest BCUT2D eigenvalue weighted by molar-refractivity contribution is 0.0190. The zero-order chi connectivity index (χ0) is 17.2. The van der Waals surface area contributed by atoms with Gasteiger partial charge in [-0.2, -0.15) is 8.42 Å². The average molecular weight is 431 g/mol. The first kappa shape index (κ1) is 20.6. The SMILES string of the molecule is O=S(=O)(O)CCCC(O)(CC(Cl)(Cl)Cl)c1cc(Cl)cc(Cl)c1. The van der Waals surface area contributed by atoms with Crippen LogP contribution in [0.15, 0.2) is 18.2 Å². The Balaban J connectivity index is 3.10. The highest BCUT2D eigenvalue weighted by Gasteiger charge is 2.38. The maximum Gasteiger partial charge on any atom is 0.264 e. The third-order valence-corrected chi connectivity index (χ3v) is 4.53. The van der Waals surface area contributed by atoms with E-state index < -0.39 is 25.3 Å². The molecule has 126 valence electrons. The lowest BCUT2D eigenvalue weighted by atomic mass is 9.87. The first-order valence-electron chi connectivity index (χ1n) is 6.02. The summed E-state index contributed by atoms with van der Waals surface area (Å²) in [5.74, 6) is -0.524. The molecular weight excluding hydrogens is 417 g/mol. The van der Waals surface area contributed by atoms with E-state index in [4.69, 9.17) is 62.6 Å². The fraction of sp³-hybridized carbons (Fsp3) is 0.500. The second-order valence-corrected chi connectivity index (χ2v) is 9.83. The molecule has 0 amide bonds. The molecule has 1 rings (SSSR count). The van der Waals surface area contributed by atoms with Crippen LogP contribution in [0, 0.1) is 0 Å². The Morgan fingerprint density at radius 2 is 1.55 bits per heavy atom. The van der Waals surface area contributed by atoms with Gasteiger partial charge < -0.3 is 5.11 Å². The van der Waals surface area contributed by atoms with Crippen molar-refractivity contribution in [3.63, 3.8) is 0 Å². The molecule has 0 saturated heterocycles. The van der Waals surface area contributed by atoms with E-state index in [0.29, 0.717) is 5.56 Å². The van der Waals surface area contributed by atoms with Crippen molar-refractivity contribution in [1.29, 1.82) is 0 Å². The minimum absolute atomic E-state index is 0.0415. The van der Waals surface area contributed by atoms with E-state index >= 15 is 0 Å². The van der Waals surface area contributed by atoms with Crippen molar-refractivity contribution in [2.75, 3.05) is 5.75 Å². The van der Waals surface area contributed by atoms with Crippen LogP contribution in [0.4, 0.5) is 0 Å². The standard InChI is InChI=1S/C12H13Cl5O4S/c13-9-4-8(5-10(14)6-9)11(18,7-12(15,16)17)2-1-3-22(19,20)21/h4-6,18H,1-3,7H2,(H,19,20,21). The highest BCUT2D eigenvalue weighted by atomic mass is 35.6. The van der Waals surface area contributed by atoms with Gasteiger partial charge in [-0.1, -0.05) is 58.0 Å². The van der Waals surface area contributed by atoms with E-state index in [1.54, 1.807) is 0 Å². The molecule has 1 aromatic rings. The maximum absolute atomic E-state index is 10.8. The molecule has 0 aromatic heterocycles. The van der Waals surface area contributed by atoms with E-state index in [-0.39, 0.29) is 29.3 Å². The smallest absolute Gasteiger partial charge is 0.264 e. The first-order valence-corrected chi connectivity index (χ1v) is 9.51. The molecule has 0 fully saturated rings. The predicted molar refractivity (Wildman–Crippen MR) is 90.9 cm³/mol. The van der Waals surface area contributed by atoms with Crippen LogP contribution in [0.3, 0.4) is 0 Å². The lowest BCUT2D eigenvalue weighted by Gasteiger charge is -2.32. The van der Waals surface area contributed by atoms with Gasteiger partial charge in [-0.25, -0.2) is 0 Å². The number of rotatable bonds is 6. The molecule has 0 bridgehead atoms. The molecular formula is C12H13Cl5O4S. The van der Waals surface area contributed by atoms with Crippen molar-refractivity contribution in [2.24, 2.45) is 0 Å². The Hall–Kier alpha value is 0.540. The predicted octanol–water partition coefficient (Wildman–Crippen LogP) is 4.61. The van der Waals surface area contributed by atoms with Gasteiger partial charge in [0.25, 0.3) is 10.1 Å². The van der Waals surface area contributed by atoms with Crippen molar-refractivity contribution >= 4 is 68.1 Å². The zero-order valence-corrected chi connectivity index (χ0v) is 15.7. The summed E-state index contributed by atoms with van der Waals surface area (Å²) in [6.07, 6.45) is -0.412. The Kier molecular flexibility index (Phi) is 7.13. The van der Waals surface area contributed by atoms with Gasteiger partial charge in [-0.15, -0.1) is 0 Å². The van der Waals surface area contributed by atoms with E-state index in [0.717, 1.165) is 0 Å². The molecule has 4 nitrogen and oxygen atoms in total. The molecule has 1 unspecified atom stereocenters. The van der Waals surface area contributed by atoms with E-state index in [2.05, 4.69) is 0 Å². The highest BCUT2D eigenvalue weighted by molar-refractivity contribution is 7.85. The van der Waals surface area contributed by atoms with Gasteiger partial charge >= 0.3 is 0 Å². The van der Waals surface area contributed by atoms with Crippen molar-refractivity contribution in [1.82, 2.24) is 0 Å². The summed E-state index contributed by atoms with van der Waals surface area (Å²) in [4.78, 5) is 0. The number of alkyl halides is 3. The van der Waals surface area contributed by atoms with Crippen LogP contribution in [-0.2, 0) is 15.7 Å². The van der Waals surface area contributed by atoms with E-state index in [1.165, 1.54) is 18.2 Å². The lowest BCUT2D eigenvalue weighted by Crippen LogP contribution is -2.31. The molecule has 0 spiro atoms. The summed E-state index contributed by atoms with van der Waals surface area (Å²) >= 11 is 29.1. The molecule has 0 aliphatic carbocycles. The highest BCUT2D eigenvalue weighted by Crippen LogP contribution is 2.43. The van der Waals surface area contributed by atoms with Crippen molar-refractivity contribution < 1.29 is 18.1 Å². The average Bonchev–Trinajstić information content (AvgIpc) is 2.22. The molecule has 0 aliphatic heterocycles. The van der Waals surface area contributed by atoms with Crippen molar-refractivity contribution in [2.45, 2.75) is 28.7 Å². The molecule has 0 aliphatic rings. The number of hydrogen-bond donors (Lipinski definition) is 2. The molecule has 10 heteroatoms. The fourth-order valence-corrected chi connectivity index (χ4v) is 3.73. The topological polar surface area (TPSA) is 74.6 Å². The summed E-state index contributed by atoms with van der Waals surface area (Å²) in [6, 6.07) is 4.38. The molecule has 1 atom stereocenters. The third kappa shape index (κ3) is 7.41. The van der Waals surface area contributed by atoms with E-state index in [1.807, 2.05) is 0 Å². The Morgan fingerprint density at radius 1 is 1.05 bits per heavy atom. The Bertz CT molecular complexity index is 609. The van der Waals surface area contributed by atoms with Crippen molar-refractivity contribution in [3.8, 4) is 0 Å². The zero-order valence-electron chi connectivity index (χ0n) is 11.1. The second kappa shape index (κ2) is 7.62. The molecule has 0 saturated carbocycles. The second-order valence-electron chi connectivity index (χ2n) is 4.87. The molecule has 1 aromatic carbocycles. The quantitative estimate of drug-likeness (QED) is 0.511. The minimum atomic E-state index is -4.15. The van der Waals surface area contributed by atoms with Crippen molar-refractivity contribution in [3.05, 3.63) is 33.8 Å². The summed E-state index contributed by atoms with van der Waals surface area (Å²) in [5.41, 5.74) is -1.36. The van der Waals surface area contributed by atoms with Gasteiger partial charge in [0.1, 0.15) is 0 Å². The largest absolute Gasteiger partial charge is 0.385 e. The van der Waals surface area contributed by atoms with Crippen LogP contribution in [0.25, 0.3) is 0 Å². The van der Waals surface area contributed by atoms with Gasteiger partial charge in [-0.05, 0) is 36.6 Å². The van der Waals surface area contributed by atoms with Crippen LogP contribution in [0.5, 0.6) is 0 Å². The summed E-state index contributed by atoms with van der Waals surface area (Å²) in [5, 5.41) is 11.4. The maximum atomic E-state index is 10.8. The first-order chi connectivity index (χ1) is 9.81. The van der Waals surface area contributed by atoms with E-state index in [9.17, 15) is 13.5 Å². The normalized spacial score (nSPS) is 15.6. The molecule has 2 N–H and O–H groups in total. The summed E-state index contributed by atoms with van der Waals surface area (Å²) < 4.78 is 28.6. The van der Waals surface area contributed by atoms with Crippen LogP contribution in [0.2, 0.25) is 10.0 Å². The van der Waals surface area contributed by atoms with Gasteiger partial charge in [0, 0.05) is 16.5 Å². The monoisotopic (exact) mass is 428 g/mol. The number of halogens is 5.